The van der Waals surface area contributed by atoms with Gasteiger partial charge in [0.15, 0.2) is 0 Å². The number of imidazole rings is 1. The van der Waals surface area contributed by atoms with Crippen LogP contribution in [0.3, 0.4) is 0 Å². The number of fused-ring (bicyclic) bond motifs is 1. The lowest BCUT2D eigenvalue weighted by molar-refractivity contribution is 0.0375. The largest absolute Gasteiger partial charge is 0.379 e. The Labute approximate surface area is 141 Å². The van der Waals surface area contributed by atoms with Gasteiger partial charge in [0, 0.05) is 36.7 Å². The highest BCUT2D eigenvalue weighted by molar-refractivity contribution is 9.10. The monoisotopic (exact) mass is 377 g/mol. The summed E-state index contributed by atoms with van der Waals surface area (Å²) in [6.07, 6.45) is 4.45. The molecular formula is C15H16BrN5O2. The van der Waals surface area contributed by atoms with Crippen molar-refractivity contribution in [1.29, 1.82) is 0 Å². The SMILES string of the molecule is Brc1ccc2ncc(-c3noc(CCN4CCOCC4)n3)n2c1. The van der Waals surface area contributed by atoms with Crippen LogP contribution in [-0.4, -0.2) is 57.3 Å². The van der Waals surface area contributed by atoms with Crippen LogP contribution in [0.5, 0.6) is 0 Å². The Balaban J connectivity index is 1.51. The van der Waals surface area contributed by atoms with Gasteiger partial charge in [-0.3, -0.25) is 9.30 Å². The fraction of sp³-hybridized carbons (Fsp3) is 0.400. The van der Waals surface area contributed by atoms with Gasteiger partial charge in [0.05, 0.1) is 19.4 Å². The first-order chi connectivity index (χ1) is 11.3. The van der Waals surface area contributed by atoms with E-state index in [4.69, 9.17) is 9.26 Å². The Morgan fingerprint density at radius 1 is 1.22 bits per heavy atom. The van der Waals surface area contributed by atoms with Crippen molar-refractivity contribution in [2.24, 2.45) is 0 Å². The molecule has 3 aromatic rings. The van der Waals surface area contributed by atoms with Crippen LogP contribution in [0.4, 0.5) is 0 Å². The predicted octanol–water partition coefficient (Wildman–Crippen LogP) is 2.02. The molecule has 0 aliphatic carbocycles. The fourth-order valence-corrected chi connectivity index (χ4v) is 3.00. The van der Waals surface area contributed by atoms with E-state index in [0.29, 0.717) is 11.7 Å². The Hall–Kier alpha value is -1.77. The topological polar surface area (TPSA) is 68.7 Å². The second-order valence-electron chi connectivity index (χ2n) is 5.43. The molecule has 0 aromatic carbocycles. The molecule has 0 radical (unpaired) electrons. The van der Waals surface area contributed by atoms with E-state index >= 15 is 0 Å². The summed E-state index contributed by atoms with van der Waals surface area (Å²) in [5.41, 5.74) is 1.67. The number of halogens is 1. The smallest absolute Gasteiger partial charge is 0.228 e. The molecule has 0 saturated carbocycles. The summed E-state index contributed by atoms with van der Waals surface area (Å²) in [5.74, 6) is 1.21. The number of hydrogen-bond donors (Lipinski definition) is 0. The van der Waals surface area contributed by atoms with Crippen molar-refractivity contribution in [3.8, 4) is 11.5 Å². The molecule has 1 aliphatic heterocycles. The standard InChI is InChI=1S/C15H16BrN5O2/c16-11-1-2-13-17-9-12(21(13)10-11)15-18-14(23-19-15)3-4-20-5-7-22-8-6-20/h1-2,9-10H,3-8H2. The molecule has 23 heavy (non-hydrogen) atoms. The molecule has 0 amide bonds. The Bertz CT molecular complexity index is 809. The summed E-state index contributed by atoms with van der Waals surface area (Å²) < 4.78 is 13.7. The Kier molecular flexibility index (Phi) is 4.11. The van der Waals surface area contributed by atoms with E-state index in [1.165, 1.54) is 0 Å². The number of aromatic nitrogens is 4. The number of nitrogens with zero attached hydrogens (tertiary/aromatic N) is 5. The van der Waals surface area contributed by atoms with Gasteiger partial charge in [0.2, 0.25) is 11.7 Å². The lowest BCUT2D eigenvalue weighted by atomic mass is 10.3. The minimum Gasteiger partial charge on any atom is -0.379 e. The van der Waals surface area contributed by atoms with E-state index in [0.717, 1.165) is 55.1 Å². The quantitative estimate of drug-likeness (QED) is 0.692. The lowest BCUT2D eigenvalue weighted by Crippen LogP contribution is -2.37. The van der Waals surface area contributed by atoms with Crippen molar-refractivity contribution in [2.45, 2.75) is 6.42 Å². The minimum atomic E-state index is 0.563. The van der Waals surface area contributed by atoms with Crippen molar-refractivity contribution in [2.75, 3.05) is 32.8 Å². The molecule has 4 rings (SSSR count). The highest BCUT2D eigenvalue weighted by Gasteiger charge is 2.15. The molecule has 3 aromatic heterocycles. The van der Waals surface area contributed by atoms with Gasteiger partial charge in [0.25, 0.3) is 0 Å². The highest BCUT2D eigenvalue weighted by atomic mass is 79.9. The maximum absolute atomic E-state index is 5.39. The molecule has 1 fully saturated rings. The van der Waals surface area contributed by atoms with Crippen molar-refractivity contribution < 1.29 is 9.26 Å². The summed E-state index contributed by atoms with van der Waals surface area (Å²) in [5, 5.41) is 4.10. The first-order valence-corrected chi connectivity index (χ1v) is 8.34. The normalized spacial score (nSPS) is 16.2. The zero-order valence-corrected chi connectivity index (χ0v) is 14.1. The van der Waals surface area contributed by atoms with Crippen LogP contribution in [0.2, 0.25) is 0 Å². The summed E-state index contributed by atoms with van der Waals surface area (Å²) >= 11 is 3.47. The van der Waals surface area contributed by atoms with Gasteiger partial charge in [-0.05, 0) is 28.1 Å². The van der Waals surface area contributed by atoms with Crippen LogP contribution in [0.25, 0.3) is 17.2 Å². The molecule has 0 spiro atoms. The molecule has 120 valence electrons. The number of pyridine rings is 1. The van der Waals surface area contributed by atoms with Crippen molar-refractivity contribution in [3.05, 3.63) is 34.9 Å². The van der Waals surface area contributed by atoms with Crippen LogP contribution in [0, 0.1) is 0 Å². The number of ether oxygens (including phenoxy) is 1. The summed E-state index contributed by atoms with van der Waals surface area (Å²) in [6, 6.07) is 3.89. The first kappa shape index (κ1) is 14.8. The highest BCUT2D eigenvalue weighted by Crippen LogP contribution is 2.20. The van der Waals surface area contributed by atoms with Gasteiger partial charge in [-0.2, -0.15) is 4.98 Å². The fourth-order valence-electron chi connectivity index (χ4n) is 2.66. The molecular weight excluding hydrogens is 362 g/mol. The van der Waals surface area contributed by atoms with Gasteiger partial charge < -0.3 is 9.26 Å². The second-order valence-corrected chi connectivity index (χ2v) is 6.35. The van der Waals surface area contributed by atoms with E-state index in [-0.39, 0.29) is 0 Å². The maximum Gasteiger partial charge on any atom is 0.228 e. The average Bonchev–Trinajstić information content (AvgIpc) is 3.20. The Morgan fingerprint density at radius 3 is 2.96 bits per heavy atom. The van der Waals surface area contributed by atoms with Gasteiger partial charge in [-0.25, -0.2) is 4.98 Å². The van der Waals surface area contributed by atoms with Gasteiger partial charge in [-0.1, -0.05) is 5.16 Å². The van der Waals surface area contributed by atoms with E-state index in [9.17, 15) is 0 Å². The van der Waals surface area contributed by atoms with Crippen molar-refractivity contribution >= 4 is 21.6 Å². The van der Waals surface area contributed by atoms with Crippen LogP contribution in [-0.2, 0) is 11.2 Å². The maximum atomic E-state index is 5.39. The number of hydrogen-bond acceptors (Lipinski definition) is 6. The van der Waals surface area contributed by atoms with Crippen LogP contribution in [0.15, 0.2) is 33.5 Å². The Morgan fingerprint density at radius 2 is 2.09 bits per heavy atom. The molecule has 1 saturated heterocycles. The molecule has 0 N–H and O–H groups in total. The molecule has 4 heterocycles. The van der Waals surface area contributed by atoms with Gasteiger partial charge in [0.1, 0.15) is 11.3 Å². The third kappa shape index (κ3) is 3.15. The molecule has 0 unspecified atom stereocenters. The molecule has 8 heteroatoms. The zero-order chi connectivity index (χ0) is 15.6. The summed E-state index contributed by atoms with van der Waals surface area (Å²) in [7, 11) is 0. The van der Waals surface area contributed by atoms with Gasteiger partial charge >= 0.3 is 0 Å². The van der Waals surface area contributed by atoms with Crippen molar-refractivity contribution in [1.82, 2.24) is 24.4 Å². The average molecular weight is 378 g/mol. The van der Waals surface area contributed by atoms with E-state index in [1.54, 1.807) is 6.20 Å². The predicted molar refractivity (Wildman–Crippen MR) is 87.1 cm³/mol. The first-order valence-electron chi connectivity index (χ1n) is 7.55. The third-order valence-corrected chi connectivity index (χ3v) is 4.38. The van der Waals surface area contributed by atoms with Crippen LogP contribution < -0.4 is 0 Å². The number of rotatable bonds is 4. The van der Waals surface area contributed by atoms with E-state index < -0.39 is 0 Å². The van der Waals surface area contributed by atoms with E-state index in [1.807, 2.05) is 22.7 Å². The molecule has 0 bridgehead atoms. The molecule has 1 aliphatic rings. The van der Waals surface area contributed by atoms with E-state index in [2.05, 4.69) is 36.0 Å². The minimum absolute atomic E-state index is 0.563. The second kappa shape index (κ2) is 6.38. The van der Waals surface area contributed by atoms with Crippen LogP contribution in [0.1, 0.15) is 5.89 Å². The molecule has 0 atom stereocenters. The summed E-state index contributed by atoms with van der Waals surface area (Å²) in [4.78, 5) is 11.2. The van der Waals surface area contributed by atoms with Gasteiger partial charge in [-0.15, -0.1) is 0 Å². The third-order valence-electron chi connectivity index (χ3n) is 3.91. The zero-order valence-electron chi connectivity index (χ0n) is 12.5. The lowest BCUT2D eigenvalue weighted by Gasteiger charge is -2.25. The number of morpholine rings is 1. The van der Waals surface area contributed by atoms with Crippen LogP contribution >= 0.6 is 15.9 Å². The van der Waals surface area contributed by atoms with Crippen molar-refractivity contribution in [3.63, 3.8) is 0 Å². The molecule has 7 nitrogen and oxygen atoms in total. The summed E-state index contributed by atoms with van der Waals surface area (Å²) in [6.45, 7) is 4.42.